The normalized spacial score (nSPS) is 13.0. The van der Waals surface area contributed by atoms with Crippen LogP contribution in [0.3, 0.4) is 0 Å². The molecule has 0 saturated heterocycles. The first-order valence-corrected chi connectivity index (χ1v) is 34.3. The summed E-state index contributed by atoms with van der Waals surface area (Å²) in [6.07, 6.45) is 100. The Bertz CT molecular complexity index is 1800. The molecule has 1 atom stereocenters. The van der Waals surface area contributed by atoms with Gasteiger partial charge in [-0.3, -0.25) is 14.4 Å². The molecule has 0 heterocycles. The average molecular weight is 1150 g/mol. The SMILES string of the molecule is CC/C=C\C/C=C\C/C=C\C/C=C\C/C=C\C/C=C\C/C=C\C/C=C\CCCCCCCCCCC(=O)OCC(COC(=O)CCCCCCCCCCC)OC(=O)CCCCCCCCCCCC/C=C\C/C=C\C/C=C\C/C=C\CC. The molecule has 0 saturated carbocycles. The molecule has 0 aromatic carbocycles. The Balaban J connectivity index is 4.22. The quantitative estimate of drug-likeness (QED) is 0.0261. The van der Waals surface area contributed by atoms with E-state index in [1.807, 2.05) is 0 Å². The number of allylic oxidation sites excluding steroid dienone is 24. The van der Waals surface area contributed by atoms with Crippen LogP contribution >= 0.6 is 0 Å². The van der Waals surface area contributed by atoms with E-state index in [4.69, 9.17) is 14.2 Å². The van der Waals surface area contributed by atoms with Gasteiger partial charge in [0.2, 0.25) is 0 Å². The number of carbonyl (C=O) groups excluding carboxylic acids is 3. The van der Waals surface area contributed by atoms with E-state index in [1.165, 1.54) is 122 Å². The van der Waals surface area contributed by atoms with Gasteiger partial charge in [-0.05, 0) is 122 Å². The average Bonchev–Trinajstić information content (AvgIpc) is 3.49. The van der Waals surface area contributed by atoms with Crippen LogP contribution in [0.2, 0.25) is 0 Å². The Hall–Kier alpha value is -4.71. The van der Waals surface area contributed by atoms with Gasteiger partial charge in [0.05, 0.1) is 0 Å². The fourth-order valence-corrected chi connectivity index (χ4v) is 9.27. The topological polar surface area (TPSA) is 78.9 Å². The van der Waals surface area contributed by atoms with Gasteiger partial charge in [-0.2, -0.15) is 0 Å². The van der Waals surface area contributed by atoms with Crippen LogP contribution < -0.4 is 0 Å². The summed E-state index contributed by atoms with van der Waals surface area (Å²) in [4.78, 5) is 38.3. The van der Waals surface area contributed by atoms with Crippen molar-refractivity contribution in [2.24, 2.45) is 0 Å². The van der Waals surface area contributed by atoms with Gasteiger partial charge >= 0.3 is 17.9 Å². The Morgan fingerprint density at radius 3 is 0.735 bits per heavy atom. The molecule has 0 amide bonds. The minimum absolute atomic E-state index is 0.0837. The van der Waals surface area contributed by atoms with Crippen molar-refractivity contribution in [3.05, 3.63) is 146 Å². The van der Waals surface area contributed by atoms with Crippen LogP contribution in [0, 0.1) is 0 Å². The van der Waals surface area contributed by atoms with Crippen LogP contribution in [0.25, 0.3) is 0 Å². The Morgan fingerprint density at radius 1 is 0.253 bits per heavy atom. The van der Waals surface area contributed by atoms with E-state index >= 15 is 0 Å². The van der Waals surface area contributed by atoms with Gasteiger partial charge in [-0.1, -0.05) is 308 Å². The van der Waals surface area contributed by atoms with Crippen LogP contribution in [0.15, 0.2) is 146 Å². The molecule has 0 aliphatic rings. The molecule has 0 aromatic rings. The van der Waals surface area contributed by atoms with Crippen molar-refractivity contribution in [1.29, 1.82) is 0 Å². The Morgan fingerprint density at radius 2 is 0.470 bits per heavy atom. The summed E-state index contributed by atoms with van der Waals surface area (Å²) in [5.74, 6) is -0.895. The third-order valence-corrected chi connectivity index (χ3v) is 14.3. The zero-order valence-electron chi connectivity index (χ0n) is 53.9. The molecular weight excluding hydrogens is 1020 g/mol. The van der Waals surface area contributed by atoms with Crippen LogP contribution in [0.5, 0.6) is 0 Å². The van der Waals surface area contributed by atoms with Crippen molar-refractivity contribution in [1.82, 2.24) is 0 Å². The predicted octanol–water partition coefficient (Wildman–Crippen LogP) is 23.9. The molecule has 0 spiro atoms. The number of ether oxygens (including phenoxy) is 3. The number of rotatable bonds is 61. The summed E-state index contributed by atoms with van der Waals surface area (Å²) < 4.78 is 16.9. The second-order valence-corrected chi connectivity index (χ2v) is 22.3. The molecule has 1 unspecified atom stereocenters. The number of esters is 3. The van der Waals surface area contributed by atoms with Crippen molar-refractivity contribution >= 4 is 17.9 Å². The third kappa shape index (κ3) is 68.0. The fraction of sp³-hybridized carbons (Fsp3) is 0.649. The molecule has 0 fully saturated rings. The first-order valence-electron chi connectivity index (χ1n) is 34.3. The lowest BCUT2D eigenvalue weighted by atomic mass is 10.0. The molecule has 0 aliphatic carbocycles. The Labute approximate surface area is 512 Å². The molecule has 0 bridgehead atoms. The monoisotopic (exact) mass is 1150 g/mol. The zero-order chi connectivity index (χ0) is 59.9. The highest BCUT2D eigenvalue weighted by Gasteiger charge is 2.19. The third-order valence-electron chi connectivity index (χ3n) is 14.3. The lowest BCUT2D eigenvalue weighted by Gasteiger charge is -2.18. The van der Waals surface area contributed by atoms with E-state index < -0.39 is 6.10 Å². The van der Waals surface area contributed by atoms with Crippen molar-refractivity contribution < 1.29 is 28.6 Å². The summed E-state index contributed by atoms with van der Waals surface area (Å²) in [7, 11) is 0. The molecule has 6 heteroatoms. The molecule has 470 valence electrons. The van der Waals surface area contributed by atoms with Gasteiger partial charge in [0.15, 0.2) is 6.10 Å². The van der Waals surface area contributed by atoms with Crippen LogP contribution in [-0.4, -0.2) is 37.2 Å². The van der Waals surface area contributed by atoms with E-state index in [0.717, 1.165) is 141 Å². The zero-order valence-corrected chi connectivity index (χ0v) is 53.9. The predicted molar refractivity (Wildman–Crippen MR) is 362 cm³/mol. The molecule has 0 N–H and O–H groups in total. The maximum Gasteiger partial charge on any atom is 0.306 e. The highest BCUT2D eigenvalue weighted by atomic mass is 16.6. The molecule has 6 nitrogen and oxygen atoms in total. The van der Waals surface area contributed by atoms with Crippen molar-refractivity contribution in [2.45, 2.75) is 309 Å². The van der Waals surface area contributed by atoms with E-state index in [0.29, 0.717) is 19.3 Å². The van der Waals surface area contributed by atoms with Crippen LogP contribution in [0.1, 0.15) is 303 Å². The standard InChI is InChI=1S/C77H126O6/c1-4-7-10-13-16-19-21-23-25-27-29-31-33-34-35-36-37-38-39-40-41-42-44-45-47-49-51-53-55-58-61-64-67-70-76(79)82-73-74(72-81-75(78)69-66-63-60-57-18-15-12-9-6-3)83-77(80)71-68-65-62-59-56-54-52-50-48-46-43-32-30-28-26-24-22-20-17-14-11-8-5-2/h7-8,10-11,16-17,19-20,23-26,29-32,34-35,37-38,40-41,44-45,74H,4-6,9,12-15,18,21-22,27-28,33,36,39,42-43,46-73H2,1-3H3/b10-7-,11-8-,19-16-,20-17-,25-23-,26-24-,31-29-,32-30-,35-34-,38-37-,41-40-,45-44-. The number of unbranched alkanes of at least 4 members (excludes halogenated alkanes) is 26. The summed E-state index contributed by atoms with van der Waals surface area (Å²) in [5.41, 5.74) is 0. The van der Waals surface area contributed by atoms with Crippen molar-refractivity contribution in [3.63, 3.8) is 0 Å². The molecule has 0 radical (unpaired) electrons. The number of carbonyl (C=O) groups is 3. The second kappa shape index (κ2) is 69.8. The van der Waals surface area contributed by atoms with Crippen molar-refractivity contribution in [3.8, 4) is 0 Å². The van der Waals surface area contributed by atoms with Gasteiger partial charge in [-0.15, -0.1) is 0 Å². The summed E-state index contributed by atoms with van der Waals surface area (Å²) in [6, 6.07) is 0. The second-order valence-electron chi connectivity index (χ2n) is 22.3. The summed E-state index contributed by atoms with van der Waals surface area (Å²) >= 11 is 0. The largest absolute Gasteiger partial charge is 0.462 e. The van der Waals surface area contributed by atoms with Gasteiger partial charge in [-0.25, -0.2) is 0 Å². The van der Waals surface area contributed by atoms with Gasteiger partial charge in [0.1, 0.15) is 13.2 Å². The summed E-state index contributed by atoms with van der Waals surface area (Å²) in [5, 5.41) is 0. The smallest absolute Gasteiger partial charge is 0.306 e. The van der Waals surface area contributed by atoms with Crippen molar-refractivity contribution in [2.75, 3.05) is 13.2 Å². The molecular formula is C77H126O6. The first-order chi connectivity index (χ1) is 41.0. The highest BCUT2D eigenvalue weighted by molar-refractivity contribution is 5.71. The van der Waals surface area contributed by atoms with E-state index in [9.17, 15) is 14.4 Å². The lowest BCUT2D eigenvalue weighted by molar-refractivity contribution is -0.167. The van der Waals surface area contributed by atoms with Gasteiger partial charge in [0, 0.05) is 19.3 Å². The molecule has 0 rings (SSSR count). The van der Waals surface area contributed by atoms with E-state index in [-0.39, 0.29) is 31.1 Å². The minimum atomic E-state index is -0.788. The maximum atomic E-state index is 12.9. The van der Waals surface area contributed by atoms with Gasteiger partial charge < -0.3 is 14.2 Å². The molecule has 0 aromatic heterocycles. The minimum Gasteiger partial charge on any atom is -0.462 e. The van der Waals surface area contributed by atoms with Crippen LogP contribution in [-0.2, 0) is 28.6 Å². The number of hydrogen-bond acceptors (Lipinski definition) is 6. The molecule has 83 heavy (non-hydrogen) atoms. The van der Waals surface area contributed by atoms with E-state index in [1.54, 1.807) is 0 Å². The number of hydrogen-bond donors (Lipinski definition) is 0. The fourth-order valence-electron chi connectivity index (χ4n) is 9.27. The lowest BCUT2D eigenvalue weighted by Crippen LogP contribution is -2.30. The summed E-state index contributed by atoms with van der Waals surface area (Å²) in [6.45, 7) is 6.40. The molecule has 0 aliphatic heterocycles. The first kappa shape index (κ1) is 78.3. The highest BCUT2D eigenvalue weighted by Crippen LogP contribution is 2.16. The van der Waals surface area contributed by atoms with Gasteiger partial charge in [0.25, 0.3) is 0 Å². The van der Waals surface area contributed by atoms with Crippen LogP contribution in [0.4, 0.5) is 0 Å². The Kier molecular flexibility index (Phi) is 65.8. The van der Waals surface area contributed by atoms with E-state index in [2.05, 4.69) is 167 Å². The maximum absolute atomic E-state index is 12.9.